The summed E-state index contributed by atoms with van der Waals surface area (Å²) in [7, 11) is 0. The Hall–Kier alpha value is -2.80. The molecule has 1 aliphatic heterocycles. The Morgan fingerprint density at radius 2 is 1.96 bits per heavy atom. The first-order chi connectivity index (χ1) is 13.0. The number of amides is 1. The van der Waals surface area contributed by atoms with E-state index in [-0.39, 0.29) is 11.8 Å². The fourth-order valence-corrected chi connectivity index (χ4v) is 3.75. The monoisotopic (exact) mass is 384 g/mol. The molecular formula is C20H20N2O4S. The molecule has 3 heterocycles. The zero-order valence-electron chi connectivity index (χ0n) is 15.4. The molecule has 27 heavy (non-hydrogen) atoms. The molecule has 1 aromatic carbocycles. The van der Waals surface area contributed by atoms with E-state index in [0.29, 0.717) is 29.8 Å². The van der Waals surface area contributed by atoms with Crippen LogP contribution in [0.25, 0.3) is 11.3 Å². The Morgan fingerprint density at radius 1 is 1.19 bits per heavy atom. The summed E-state index contributed by atoms with van der Waals surface area (Å²) in [6.45, 7) is 6.74. The third kappa shape index (κ3) is 3.55. The lowest BCUT2D eigenvalue weighted by atomic mass is 10.00. The molecule has 1 atom stereocenters. The fraction of sp³-hybridized carbons (Fsp3) is 0.300. The van der Waals surface area contributed by atoms with Crippen molar-refractivity contribution >= 4 is 22.4 Å². The summed E-state index contributed by atoms with van der Waals surface area (Å²) >= 11 is 1.40. The van der Waals surface area contributed by atoms with Crippen molar-refractivity contribution in [3.63, 3.8) is 0 Å². The topological polar surface area (TPSA) is 73.6 Å². The number of thiazole rings is 1. The van der Waals surface area contributed by atoms with Crippen LogP contribution in [0.15, 0.2) is 34.1 Å². The number of hydrogen-bond acceptors (Lipinski definition) is 6. The lowest BCUT2D eigenvalue weighted by molar-refractivity contribution is -0.117. The number of anilines is 1. The molecule has 1 N–H and O–H groups in total. The molecule has 1 unspecified atom stereocenters. The standard InChI is InChI=1S/C20H20N2O4S/c1-11-8-15(13(3)26-11)16-10-27-20(21-16)22-19(23)12(2)14-4-5-17-18(9-14)25-7-6-24-17/h4-5,8-10,12H,6-7H2,1-3H3,(H,21,22,23). The molecule has 0 spiro atoms. The van der Waals surface area contributed by atoms with Gasteiger partial charge in [0.05, 0.1) is 11.6 Å². The first-order valence-electron chi connectivity index (χ1n) is 8.74. The van der Waals surface area contributed by atoms with Crippen molar-refractivity contribution in [3.8, 4) is 22.8 Å². The summed E-state index contributed by atoms with van der Waals surface area (Å²) in [5.41, 5.74) is 2.62. The summed E-state index contributed by atoms with van der Waals surface area (Å²) in [5.74, 6) is 2.60. The van der Waals surface area contributed by atoms with Crippen LogP contribution in [0.1, 0.15) is 29.9 Å². The molecule has 0 aliphatic carbocycles. The maximum atomic E-state index is 12.7. The van der Waals surface area contributed by atoms with Crippen LogP contribution in [0.2, 0.25) is 0 Å². The quantitative estimate of drug-likeness (QED) is 0.715. The molecule has 1 amide bonds. The molecule has 0 saturated carbocycles. The Kier molecular flexibility index (Phi) is 4.61. The Labute approximate surface area is 161 Å². The molecule has 7 heteroatoms. The van der Waals surface area contributed by atoms with Crippen molar-refractivity contribution in [1.82, 2.24) is 4.98 Å². The normalized spacial score (nSPS) is 14.0. The van der Waals surface area contributed by atoms with E-state index in [0.717, 1.165) is 28.3 Å². The number of aromatic nitrogens is 1. The number of aryl methyl sites for hydroxylation is 2. The predicted octanol–water partition coefficient (Wildman–Crippen LogP) is 4.53. The number of furan rings is 1. The lowest BCUT2D eigenvalue weighted by Gasteiger charge is -2.20. The largest absolute Gasteiger partial charge is 0.486 e. The smallest absolute Gasteiger partial charge is 0.233 e. The highest BCUT2D eigenvalue weighted by Gasteiger charge is 2.20. The van der Waals surface area contributed by atoms with Gasteiger partial charge in [0.15, 0.2) is 16.6 Å². The minimum atomic E-state index is -0.342. The van der Waals surface area contributed by atoms with Crippen molar-refractivity contribution in [2.24, 2.45) is 0 Å². The SMILES string of the molecule is Cc1cc(-c2csc(NC(=O)C(C)c3ccc4c(c3)OCCO4)n2)c(C)o1. The van der Waals surface area contributed by atoms with Crippen molar-refractivity contribution in [2.45, 2.75) is 26.7 Å². The molecule has 0 saturated heterocycles. The van der Waals surface area contributed by atoms with Crippen LogP contribution in [0.4, 0.5) is 5.13 Å². The summed E-state index contributed by atoms with van der Waals surface area (Å²) in [6.07, 6.45) is 0. The first kappa shape index (κ1) is 17.6. The predicted molar refractivity (Wildman–Crippen MR) is 104 cm³/mol. The molecule has 4 rings (SSSR count). The average Bonchev–Trinajstić information content (AvgIpc) is 3.26. The van der Waals surface area contributed by atoms with Crippen LogP contribution in [0.3, 0.4) is 0 Å². The molecule has 0 fully saturated rings. The third-order valence-electron chi connectivity index (χ3n) is 4.51. The van der Waals surface area contributed by atoms with Crippen molar-refractivity contribution < 1.29 is 18.7 Å². The number of fused-ring (bicyclic) bond motifs is 1. The van der Waals surface area contributed by atoms with Gasteiger partial charge >= 0.3 is 0 Å². The maximum Gasteiger partial charge on any atom is 0.233 e. The van der Waals surface area contributed by atoms with E-state index in [9.17, 15) is 4.79 Å². The van der Waals surface area contributed by atoms with Gasteiger partial charge in [-0.15, -0.1) is 11.3 Å². The van der Waals surface area contributed by atoms with Crippen LogP contribution in [0.5, 0.6) is 11.5 Å². The zero-order valence-corrected chi connectivity index (χ0v) is 16.2. The van der Waals surface area contributed by atoms with E-state index >= 15 is 0 Å². The van der Waals surface area contributed by atoms with Gasteiger partial charge in [-0.3, -0.25) is 4.79 Å². The van der Waals surface area contributed by atoms with E-state index in [2.05, 4.69) is 10.3 Å². The maximum absolute atomic E-state index is 12.7. The highest BCUT2D eigenvalue weighted by atomic mass is 32.1. The van der Waals surface area contributed by atoms with Gasteiger partial charge in [0.2, 0.25) is 5.91 Å². The average molecular weight is 384 g/mol. The van der Waals surface area contributed by atoms with Crippen LogP contribution in [-0.4, -0.2) is 24.1 Å². The Balaban J connectivity index is 1.48. The van der Waals surface area contributed by atoms with Gasteiger partial charge in [0, 0.05) is 10.9 Å². The van der Waals surface area contributed by atoms with Gasteiger partial charge in [-0.25, -0.2) is 4.98 Å². The van der Waals surface area contributed by atoms with E-state index in [1.165, 1.54) is 11.3 Å². The summed E-state index contributed by atoms with van der Waals surface area (Å²) < 4.78 is 16.7. The van der Waals surface area contributed by atoms with E-state index in [1.54, 1.807) is 0 Å². The second-order valence-corrected chi connectivity index (χ2v) is 7.34. The van der Waals surface area contributed by atoms with Crippen molar-refractivity contribution in [1.29, 1.82) is 0 Å². The van der Waals surface area contributed by atoms with Crippen molar-refractivity contribution in [3.05, 3.63) is 46.7 Å². The summed E-state index contributed by atoms with van der Waals surface area (Å²) in [6, 6.07) is 7.55. The first-order valence-corrected chi connectivity index (χ1v) is 9.62. The highest BCUT2D eigenvalue weighted by Crippen LogP contribution is 2.34. The number of rotatable bonds is 4. The summed E-state index contributed by atoms with van der Waals surface area (Å²) in [4.78, 5) is 17.2. The van der Waals surface area contributed by atoms with Gasteiger partial charge in [-0.05, 0) is 44.5 Å². The van der Waals surface area contributed by atoms with Crippen LogP contribution in [-0.2, 0) is 4.79 Å². The Morgan fingerprint density at radius 3 is 2.70 bits per heavy atom. The summed E-state index contributed by atoms with van der Waals surface area (Å²) in [5, 5.41) is 5.39. The van der Waals surface area contributed by atoms with Gasteiger partial charge in [0.25, 0.3) is 0 Å². The highest BCUT2D eigenvalue weighted by molar-refractivity contribution is 7.14. The molecule has 1 aliphatic rings. The lowest BCUT2D eigenvalue weighted by Crippen LogP contribution is -2.20. The molecule has 140 valence electrons. The number of carbonyl (C=O) groups excluding carboxylic acids is 1. The number of benzene rings is 1. The fourth-order valence-electron chi connectivity index (χ4n) is 3.03. The van der Waals surface area contributed by atoms with Gasteiger partial charge in [-0.2, -0.15) is 0 Å². The van der Waals surface area contributed by atoms with Crippen molar-refractivity contribution in [2.75, 3.05) is 18.5 Å². The second-order valence-electron chi connectivity index (χ2n) is 6.48. The van der Waals surface area contributed by atoms with Crippen LogP contribution < -0.4 is 14.8 Å². The third-order valence-corrected chi connectivity index (χ3v) is 5.27. The van der Waals surface area contributed by atoms with E-state index in [4.69, 9.17) is 13.9 Å². The number of nitrogens with zero attached hydrogens (tertiary/aromatic N) is 1. The zero-order chi connectivity index (χ0) is 19.0. The number of carbonyl (C=O) groups is 1. The molecule has 6 nitrogen and oxygen atoms in total. The number of nitrogens with one attached hydrogen (secondary N) is 1. The van der Waals surface area contributed by atoms with Gasteiger partial charge in [-0.1, -0.05) is 6.07 Å². The minimum Gasteiger partial charge on any atom is -0.486 e. The molecule has 0 bridgehead atoms. The van der Waals surface area contributed by atoms with E-state index in [1.807, 2.05) is 50.4 Å². The van der Waals surface area contributed by atoms with Crippen LogP contribution in [0, 0.1) is 13.8 Å². The molecule has 0 radical (unpaired) electrons. The van der Waals surface area contributed by atoms with Gasteiger partial charge in [0.1, 0.15) is 24.7 Å². The second kappa shape index (κ2) is 7.08. The minimum absolute atomic E-state index is 0.118. The Bertz CT molecular complexity index is 992. The molecule has 3 aromatic rings. The number of ether oxygens (including phenoxy) is 2. The van der Waals surface area contributed by atoms with Gasteiger partial charge < -0.3 is 19.2 Å². The van der Waals surface area contributed by atoms with Crippen LogP contribution >= 0.6 is 11.3 Å². The molecular weight excluding hydrogens is 364 g/mol. The number of hydrogen-bond donors (Lipinski definition) is 1. The van der Waals surface area contributed by atoms with E-state index < -0.39 is 0 Å². The molecule has 2 aromatic heterocycles.